The van der Waals surface area contributed by atoms with E-state index >= 15 is 0 Å². The molecular weight excluding hydrogens is 246 g/mol. The summed E-state index contributed by atoms with van der Waals surface area (Å²) in [5.74, 6) is -0.279. The molecule has 6 nitrogen and oxygen atoms in total. The lowest BCUT2D eigenvalue weighted by molar-refractivity contribution is -0.131. The van der Waals surface area contributed by atoms with Crippen molar-refractivity contribution in [1.29, 1.82) is 0 Å². The second-order valence-electron chi connectivity index (χ2n) is 4.19. The van der Waals surface area contributed by atoms with Gasteiger partial charge in [-0.2, -0.15) is 0 Å². The van der Waals surface area contributed by atoms with Crippen LogP contribution in [0.4, 0.5) is 0 Å². The zero-order valence-corrected chi connectivity index (χ0v) is 10.8. The van der Waals surface area contributed by atoms with Crippen molar-refractivity contribution in [3.05, 3.63) is 40.4 Å². The SMILES string of the molecule is CONC(=O)CCn1cnc2c(C)cccc2c1=O. The lowest BCUT2D eigenvalue weighted by Crippen LogP contribution is -2.27. The second kappa shape index (κ2) is 5.62. The van der Waals surface area contributed by atoms with Crippen molar-refractivity contribution in [2.24, 2.45) is 0 Å². The molecule has 0 radical (unpaired) electrons. The first kappa shape index (κ1) is 13.2. The number of hydrogen-bond donors (Lipinski definition) is 1. The number of benzene rings is 1. The van der Waals surface area contributed by atoms with Gasteiger partial charge in [0.15, 0.2) is 0 Å². The minimum absolute atomic E-state index is 0.140. The van der Waals surface area contributed by atoms with Gasteiger partial charge in [0, 0.05) is 13.0 Å². The highest BCUT2D eigenvalue weighted by atomic mass is 16.6. The normalized spacial score (nSPS) is 10.6. The van der Waals surface area contributed by atoms with E-state index in [0.29, 0.717) is 10.9 Å². The third-order valence-electron chi connectivity index (χ3n) is 2.85. The van der Waals surface area contributed by atoms with Crippen LogP contribution in [0, 0.1) is 6.92 Å². The predicted molar refractivity (Wildman–Crippen MR) is 70.5 cm³/mol. The molecule has 2 rings (SSSR count). The third kappa shape index (κ3) is 2.79. The van der Waals surface area contributed by atoms with Gasteiger partial charge >= 0.3 is 0 Å². The van der Waals surface area contributed by atoms with Crippen LogP contribution in [0.25, 0.3) is 10.9 Å². The summed E-state index contributed by atoms with van der Waals surface area (Å²) in [6.45, 7) is 2.18. The number of carbonyl (C=O) groups excluding carboxylic acids is 1. The van der Waals surface area contributed by atoms with E-state index < -0.39 is 0 Å². The van der Waals surface area contributed by atoms with Crippen molar-refractivity contribution in [2.45, 2.75) is 19.9 Å². The van der Waals surface area contributed by atoms with E-state index in [1.807, 2.05) is 19.1 Å². The van der Waals surface area contributed by atoms with Gasteiger partial charge in [-0.25, -0.2) is 10.5 Å². The fraction of sp³-hybridized carbons (Fsp3) is 0.308. The molecule has 1 amide bonds. The molecule has 0 aliphatic carbocycles. The van der Waals surface area contributed by atoms with Crippen LogP contribution >= 0.6 is 0 Å². The number of amides is 1. The second-order valence-corrected chi connectivity index (χ2v) is 4.19. The number of nitrogens with zero attached hydrogens (tertiary/aromatic N) is 2. The van der Waals surface area contributed by atoms with E-state index in [4.69, 9.17) is 0 Å². The van der Waals surface area contributed by atoms with Gasteiger partial charge in [0.1, 0.15) is 0 Å². The number of aryl methyl sites for hydroxylation is 2. The Morgan fingerprint density at radius 3 is 3.00 bits per heavy atom. The maximum atomic E-state index is 12.2. The van der Waals surface area contributed by atoms with Crippen molar-refractivity contribution < 1.29 is 9.63 Å². The Kier molecular flexibility index (Phi) is 3.91. The largest absolute Gasteiger partial charge is 0.298 e. The summed E-state index contributed by atoms with van der Waals surface area (Å²) in [7, 11) is 1.37. The molecule has 100 valence electrons. The van der Waals surface area contributed by atoms with Crippen LogP contribution in [0.1, 0.15) is 12.0 Å². The number of hydroxylamine groups is 1. The summed E-state index contributed by atoms with van der Waals surface area (Å²) >= 11 is 0. The molecule has 0 unspecified atom stereocenters. The van der Waals surface area contributed by atoms with E-state index in [1.54, 1.807) is 6.07 Å². The highest BCUT2D eigenvalue weighted by molar-refractivity contribution is 5.80. The Labute approximate surface area is 110 Å². The molecule has 0 saturated heterocycles. The van der Waals surface area contributed by atoms with E-state index in [-0.39, 0.29) is 24.4 Å². The van der Waals surface area contributed by atoms with Crippen molar-refractivity contribution in [1.82, 2.24) is 15.0 Å². The topological polar surface area (TPSA) is 73.2 Å². The lowest BCUT2D eigenvalue weighted by atomic mass is 10.1. The fourth-order valence-corrected chi connectivity index (χ4v) is 1.88. The van der Waals surface area contributed by atoms with Crippen LogP contribution in [-0.2, 0) is 16.2 Å². The first-order chi connectivity index (χ1) is 9.13. The van der Waals surface area contributed by atoms with Crippen LogP contribution in [-0.4, -0.2) is 22.6 Å². The number of rotatable bonds is 4. The molecule has 1 aromatic carbocycles. The van der Waals surface area contributed by atoms with Crippen molar-refractivity contribution in [3.8, 4) is 0 Å². The number of para-hydroxylation sites is 1. The molecule has 0 aliphatic rings. The number of carbonyl (C=O) groups is 1. The molecule has 2 aromatic rings. The quantitative estimate of drug-likeness (QED) is 0.825. The van der Waals surface area contributed by atoms with Gasteiger partial charge in [-0.1, -0.05) is 12.1 Å². The molecule has 1 heterocycles. The Hall–Kier alpha value is -2.21. The molecule has 0 aliphatic heterocycles. The zero-order chi connectivity index (χ0) is 13.8. The van der Waals surface area contributed by atoms with E-state index in [0.717, 1.165) is 5.56 Å². The van der Waals surface area contributed by atoms with E-state index in [9.17, 15) is 9.59 Å². The molecule has 0 saturated carbocycles. The Morgan fingerprint density at radius 2 is 2.26 bits per heavy atom. The molecule has 1 N–H and O–H groups in total. The van der Waals surface area contributed by atoms with Gasteiger partial charge in [0.25, 0.3) is 5.56 Å². The minimum Gasteiger partial charge on any atom is -0.298 e. The van der Waals surface area contributed by atoms with Crippen molar-refractivity contribution >= 4 is 16.8 Å². The number of aromatic nitrogens is 2. The number of nitrogens with one attached hydrogen (secondary N) is 1. The van der Waals surface area contributed by atoms with Crippen LogP contribution in [0.3, 0.4) is 0 Å². The average molecular weight is 261 g/mol. The summed E-state index contributed by atoms with van der Waals surface area (Å²) in [4.78, 5) is 32.3. The van der Waals surface area contributed by atoms with Crippen molar-refractivity contribution in [3.63, 3.8) is 0 Å². The van der Waals surface area contributed by atoms with Crippen LogP contribution < -0.4 is 11.0 Å². The summed E-state index contributed by atoms with van der Waals surface area (Å²) in [6, 6.07) is 5.47. The molecule has 0 atom stereocenters. The first-order valence-electron chi connectivity index (χ1n) is 5.90. The van der Waals surface area contributed by atoms with Gasteiger partial charge in [-0.15, -0.1) is 0 Å². The molecule has 6 heteroatoms. The summed E-state index contributed by atoms with van der Waals surface area (Å²) in [5, 5.41) is 0.564. The summed E-state index contributed by atoms with van der Waals surface area (Å²) in [5.41, 5.74) is 3.72. The fourth-order valence-electron chi connectivity index (χ4n) is 1.88. The van der Waals surface area contributed by atoms with Gasteiger partial charge in [0.05, 0.1) is 24.3 Å². The van der Waals surface area contributed by atoms with Gasteiger partial charge < -0.3 is 0 Å². The van der Waals surface area contributed by atoms with Crippen LogP contribution in [0.2, 0.25) is 0 Å². The highest BCUT2D eigenvalue weighted by Crippen LogP contribution is 2.11. The van der Waals surface area contributed by atoms with E-state index in [1.165, 1.54) is 18.0 Å². The Morgan fingerprint density at radius 1 is 1.47 bits per heavy atom. The maximum Gasteiger partial charge on any atom is 0.261 e. The van der Waals surface area contributed by atoms with Gasteiger partial charge in [-0.05, 0) is 18.6 Å². The Balaban J connectivity index is 2.28. The lowest BCUT2D eigenvalue weighted by Gasteiger charge is -2.07. The zero-order valence-electron chi connectivity index (χ0n) is 10.8. The first-order valence-corrected chi connectivity index (χ1v) is 5.90. The molecule has 19 heavy (non-hydrogen) atoms. The molecule has 1 aromatic heterocycles. The highest BCUT2D eigenvalue weighted by Gasteiger charge is 2.07. The summed E-state index contributed by atoms with van der Waals surface area (Å²) < 4.78 is 1.43. The predicted octanol–water partition coefficient (Wildman–Crippen LogP) is 0.773. The monoisotopic (exact) mass is 261 g/mol. The number of fused-ring (bicyclic) bond motifs is 1. The van der Waals surface area contributed by atoms with Gasteiger partial charge in [-0.3, -0.25) is 19.0 Å². The molecular formula is C13H15N3O3. The smallest absolute Gasteiger partial charge is 0.261 e. The van der Waals surface area contributed by atoms with E-state index in [2.05, 4.69) is 15.3 Å². The third-order valence-corrected chi connectivity index (χ3v) is 2.85. The van der Waals surface area contributed by atoms with Gasteiger partial charge in [0.2, 0.25) is 5.91 Å². The van der Waals surface area contributed by atoms with Crippen LogP contribution in [0.15, 0.2) is 29.3 Å². The summed E-state index contributed by atoms with van der Waals surface area (Å²) in [6.07, 6.45) is 1.63. The number of hydrogen-bond acceptors (Lipinski definition) is 4. The average Bonchev–Trinajstić information content (AvgIpc) is 2.39. The molecule has 0 fully saturated rings. The minimum atomic E-state index is -0.279. The maximum absolute atomic E-state index is 12.2. The standard InChI is InChI=1S/C13H15N3O3/c1-9-4-3-5-10-12(9)14-8-16(13(10)18)7-6-11(17)15-19-2/h3-5,8H,6-7H2,1-2H3,(H,15,17). The van der Waals surface area contributed by atoms with Crippen molar-refractivity contribution in [2.75, 3.05) is 7.11 Å². The molecule has 0 spiro atoms. The molecule has 0 bridgehead atoms. The Bertz CT molecular complexity index is 664. The van der Waals surface area contributed by atoms with Crippen LogP contribution in [0.5, 0.6) is 0 Å².